The first-order valence-electron chi connectivity index (χ1n) is 6.67. The van der Waals surface area contributed by atoms with Crippen molar-refractivity contribution in [2.75, 3.05) is 14.2 Å². The van der Waals surface area contributed by atoms with Gasteiger partial charge in [-0.15, -0.1) is 0 Å². The van der Waals surface area contributed by atoms with E-state index in [0.29, 0.717) is 13.2 Å². The van der Waals surface area contributed by atoms with E-state index in [0.717, 1.165) is 23.2 Å². The van der Waals surface area contributed by atoms with Crippen molar-refractivity contribution in [2.24, 2.45) is 0 Å². The van der Waals surface area contributed by atoms with Gasteiger partial charge < -0.3 is 9.47 Å². The maximum Gasteiger partial charge on any atom is 0.0931 e. The molecule has 0 aliphatic heterocycles. The third-order valence-electron chi connectivity index (χ3n) is 3.37. The number of pyridine rings is 1. The van der Waals surface area contributed by atoms with E-state index in [1.165, 1.54) is 11.1 Å². The van der Waals surface area contributed by atoms with Crippen LogP contribution in [0.3, 0.4) is 0 Å². The Hall–Kier alpha value is -1.71. The first-order chi connectivity index (χ1) is 9.76. The molecule has 1 aromatic heterocycles. The molecule has 2 aromatic rings. The van der Waals surface area contributed by atoms with Crippen LogP contribution in [0.1, 0.15) is 27.9 Å². The van der Waals surface area contributed by atoms with Crippen molar-refractivity contribution in [3.8, 4) is 0 Å². The van der Waals surface area contributed by atoms with Crippen LogP contribution in [0.2, 0.25) is 0 Å². The number of methoxy groups -OCH3 is 2. The van der Waals surface area contributed by atoms with Gasteiger partial charge in [-0.1, -0.05) is 30.3 Å². The quantitative estimate of drug-likeness (QED) is 0.808. The molecule has 0 atom stereocenters. The first kappa shape index (κ1) is 14.7. The van der Waals surface area contributed by atoms with Crippen LogP contribution in [0.5, 0.6) is 0 Å². The molecule has 0 spiro atoms. The van der Waals surface area contributed by atoms with Gasteiger partial charge >= 0.3 is 0 Å². The highest BCUT2D eigenvalue weighted by atomic mass is 16.5. The number of ether oxygens (including phenoxy) is 2. The minimum atomic E-state index is 0.488. The van der Waals surface area contributed by atoms with Crippen molar-refractivity contribution in [3.63, 3.8) is 0 Å². The van der Waals surface area contributed by atoms with Crippen molar-refractivity contribution < 1.29 is 9.47 Å². The molecule has 0 saturated heterocycles. The minimum absolute atomic E-state index is 0.488. The Morgan fingerprint density at radius 1 is 1.05 bits per heavy atom. The number of hydrogen-bond donors (Lipinski definition) is 0. The molecule has 1 radical (unpaired) electrons. The summed E-state index contributed by atoms with van der Waals surface area (Å²) in [7, 11) is 3.37. The van der Waals surface area contributed by atoms with Crippen LogP contribution >= 0.6 is 0 Å². The number of hydrogen-bond acceptors (Lipinski definition) is 3. The van der Waals surface area contributed by atoms with Gasteiger partial charge in [0.1, 0.15) is 0 Å². The molecule has 1 heterocycles. The number of nitrogens with zero attached hydrogens (tertiary/aromatic N) is 1. The fourth-order valence-electron chi connectivity index (χ4n) is 2.25. The maximum atomic E-state index is 5.29. The van der Waals surface area contributed by atoms with Crippen LogP contribution in [0, 0.1) is 13.1 Å². The Bertz CT molecular complexity index is 552. The first-order valence-corrected chi connectivity index (χ1v) is 6.67. The second-order valence-corrected chi connectivity index (χ2v) is 4.78. The highest BCUT2D eigenvalue weighted by Crippen LogP contribution is 2.20. The van der Waals surface area contributed by atoms with Crippen molar-refractivity contribution in [3.05, 3.63) is 64.5 Å². The molecule has 0 amide bonds. The molecule has 0 unspecified atom stereocenters. The van der Waals surface area contributed by atoms with Crippen molar-refractivity contribution in [1.82, 2.24) is 4.98 Å². The monoisotopic (exact) mass is 270 g/mol. The summed E-state index contributed by atoms with van der Waals surface area (Å²) in [6, 6.07) is 10.4. The van der Waals surface area contributed by atoms with Crippen LogP contribution in [0.4, 0.5) is 0 Å². The van der Waals surface area contributed by atoms with Crippen molar-refractivity contribution in [1.29, 1.82) is 0 Å². The van der Waals surface area contributed by atoms with Crippen LogP contribution in [-0.2, 0) is 29.1 Å². The second kappa shape index (κ2) is 7.17. The number of benzene rings is 1. The normalized spacial score (nSPS) is 10.8. The molecule has 0 N–H and O–H groups in total. The van der Waals surface area contributed by atoms with E-state index in [1.54, 1.807) is 14.2 Å². The lowest BCUT2D eigenvalue weighted by Crippen LogP contribution is -2.07. The average Bonchev–Trinajstić information content (AvgIpc) is 2.47. The summed E-state index contributed by atoms with van der Waals surface area (Å²) in [5, 5.41) is 0. The van der Waals surface area contributed by atoms with Gasteiger partial charge in [0.05, 0.1) is 25.1 Å². The molecular weight excluding hydrogens is 250 g/mol. The molecule has 0 aliphatic rings. The molecule has 0 saturated carbocycles. The summed E-state index contributed by atoms with van der Waals surface area (Å²) in [5.74, 6) is 0. The Morgan fingerprint density at radius 3 is 2.40 bits per heavy atom. The minimum Gasteiger partial charge on any atom is -0.380 e. The smallest absolute Gasteiger partial charge is 0.0931 e. The van der Waals surface area contributed by atoms with E-state index >= 15 is 0 Å². The molecule has 20 heavy (non-hydrogen) atoms. The molecule has 3 heteroatoms. The molecular formula is C17H20NO2. The number of rotatable bonds is 6. The largest absolute Gasteiger partial charge is 0.380 e. The summed E-state index contributed by atoms with van der Waals surface area (Å²) in [6.45, 7) is 3.14. The van der Waals surface area contributed by atoms with Gasteiger partial charge in [0.25, 0.3) is 0 Å². The van der Waals surface area contributed by atoms with Crippen LogP contribution < -0.4 is 0 Å². The van der Waals surface area contributed by atoms with Gasteiger partial charge in [0.2, 0.25) is 0 Å². The predicted molar refractivity (Wildman–Crippen MR) is 78.5 cm³/mol. The van der Waals surface area contributed by atoms with Gasteiger partial charge in [-0.3, -0.25) is 0 Å². The van der Waals surface area contributed by atoms with Crippen LogP contribution in [0.15, 0.2) is 30.3 Å². The lowest BCUT2D eigenvalue weighted by Gasteiger charge is -2.14. The van der Waals surface area contributed by atoms with E-state index in [-0.39, 0.29) is 0 Å². The molecule has 105 valence electrons. The zero-order chi connectivity index (χ0) is 14.4. The van der Waals surface area contributed by atoms with E-state index in [9.17, 15) is 0 Å². The van der Waals surface area contributed by atoms with Crippen molar-refractivity contribution >= 4 is 0 Å². The average molecular weight is 270 g/mol. The third kappa shape index (κ3) is 3.44. The summed E-state index contributed by atoms with van der Waals surface area (Å²) in [4.78, 5) is 4.41. The molecule has 2 rings (SSSR count). The number of aromatic nitrogens is 1. The second-order valence-electron chi connectivity index (χ2n) is 4.78. The molecule has 0 fully saturated rings. The fourth-order valence-corrected chi connectivity index (χ4v) is 2.25. The summed E-state index contributed by atoms with van der Waals surface area (Å²) >= 11 is 0. The third-order valence-corrected chi connectivity index (χ3v) is 3.37. The highest BCUT2D eigenvalue weighted by molar-refractivity contribution is 5.37. The van der Waals surface area contributed by atoms with Gasteiger partial charge in [0.15, 0.2) is 0 Å². The lowest BCUT2D eigenvalue weighted by atomic mass is 9.98. The summed E-state index contributed by atoms with van der Waals surface area (Å²) in [5.41, 5.74) is 5.58. The SMILES string of the molecule is COCc1n[c]c(Cc2ccccc2)c(C)c1COC. The van der Waals surface area contributed by atoms with Gasteiger partial charge in [-0.2, -0.15) is 0 Å². The molecule has 0 aliphatic carbocycles. The van der Waals surface area contributed by atoms with Crippen LogP contribution in [-0.4, -0.2) is 19.2 Å². The summed E-state index contributed by atoms with van der Waals surface area (Å²) < 4.78 is 10.5. The Kier molecular flexibility index (Phi) is 5.27. The van der Waals surface area contributed by atoms with E-state index in [4.69, 9.17) is 9.47 Å². The molecule has 0 bridgehead atoms. The van der Waals surface area contributed by atoms with Gasteiger partial charge in [-0.25, -0.2) is 4.98 Å². The maximum absolute atomic E-state index is 5.29. The van der Waals surface area contributed by atoms with E-state index < -0.39 is 0 Å². The van der Waals surface area contributed by atoms with Crippen molar-refractivity contribution in [2.45, 2.75) is 26.6 Å². The van der Waals surface area contributed by atoms with E-state index in [1.807, 2.05) is 18.2 Å². The molecule has 3 nitrogen and oxygen atoms in total. The topological polar surface area (TPSA) is 31.4 Å². The standard InChI is InChI=1S/C17H20NO2/c1-13-15(9-14-7-5-4-6-8-14)10-18-17(12-20-3)16(13)11-19-2/h4-8H,9,11-12H2,1-3H3. The Balaban J connectivity index is 2.32. The highest BCUT2D eigenvalue weighted by Gasteiger charge is 2.12. The van der Waals surface area contributed by atoms with Gasteiger partial charge in [0, 0.05) is 19.8 Å². The Labute approximate surface area is 120 Å². The molecule has 1 aromatic carbocycles. The summed E-state index contributed by atoms with van der Waals surface area (Å²) in [6.07, 6.45) is 3.99. The predicted octanol–water partition coefficient (Wildman–Crippen LogP) is 3.07. The zero-order valence-electron chi connectivity index (χ0n) is 12.3. The fraction of sp³-hybridized carbons (Fsp3) is 0.353. The zero-order valence-corrected chi connectivity index (χ0v) is 12.3. The Morgan fingerprint density at radius 2 is 1.75 bits per heavy atom. The van der Waals surface area contributed by atoms with Crippen LogP contribution in [0.25, 0.3) is 0 Å². The lowest BCUT2D eigenvalue weighted by molar-refractivity contribution is 0.165. The van der Waals surface area contributed by atoms with Gasteiger partial charge in [-0.05, 0) is 30.0 Å². The van der Waals surface area contributed by atoms with E-state index in [2.05, 4.69) is 30.2 Å².